The molecule has 202 valence electrons. The molecule has 0 unspecified atom stereocenters. The lowest BCUT2D eigenvalue weighted by Gasteiger charge is -2.41. The molecule has 1 spiro atoms. The van der Waals surface area contributed by atoms with Gasteiger partial charge in [-0.05, 0) is 58.0 Å². The van der Waals surface area contributed by atoms with Gasteiger partial charge in [0.05, 0.1) is 16.8 Å². The van der Waals surface area contributed by atoms with Gasteiger partial charge in [0.25, 0.3) is 0 Å². The molecule has 0 amide bonds. The van der Waals surface area contributed by atoms with Crippen molar-refractivity contribution in [1.82, 2.24) is 0 Å². The van der Waals surface area contributed by atoms with Crippen LogP contribution in [-0.2, 0) is 5.41 Å². The first-order valence-corrected chi connectivity index (χ1v) is 14.8. The van der Waals surface area contributed by atoms with E-state index in [1.807, 2.05) is 0 Å². The van der Waals surface area contributed by atoms with Gasteiger partial charge in [0, 0.05) is 22.2 Å². The van der Waals surface area contributed by atoms with E-state index < -0.39 is 5.41 Å². The molecule has 0 saturated heterocycles. The minimum absolute atomic E-state index is 0.505. The highest BCUT2D eigenvalue weighted by Crippen LogP contribution is 2.63. The second-order valence-electron chi connectivity index (χ2n) is 11.3. The molecular weight excluding hydrogens is 522 g/mol. The molecule has 0 saturated carbocycles. The number of hydrogen-bond acceptors (Lipinski definition) is 2. The lowest BCUT2D eigenvalue weighted by Crippen LogP contribution is -2.32. The minimum Gasteiger partial charge on any atom is -0.454 e. The minimum atomic E-state index is -0.505. The van der Waals surface area contributed by atoms with E-state index in [0.29, 0.717) is 0 Å². The Balaban J connectivity index is 1.40. The first-order valence-electron chi connectivity index (χ1n) is 14.8. The highest BCUT2D eigenvalue weighted by Gasteiger charge is 2.51. The van der Waals surface area contributed by atoms with E-state index in [9.17, 15) is 0 Å². The third-order valence-corrected chi connectivity index (χ3v) is 9.12. The van der Waals surface area contributed by atoms with Gasteiger partial charge < -0.3 is 9.64 Å². The van der Waals surface area contributed by atoms with E-state index in [1.54, 1.807) is 0 Å². The monoisotopic (exact) mass is 549 g/mol. The second kappa shape index (κ2) is 9.20. The summed E-state index contributed by atoms with van der Waals surface area (Å²) in [5.41, 5.74) is 10.2. The second-order valence-corrected chi connectivity index (χ2v) is 11.3. The molecule has 43 heavy (non-hydrogen) atoms. The molecule has 2 aliphatic rings. The van der Waals surface area contributed by atoms with Crippen molar-refractivity contribution in [2.75, 3.05) is 4.90 Å². The van der Waals surface area contributed by atoms with E-state index in [4.69, 9.17) is 4.74 Å². The summed E-state index contributed by atoms with van der Waals surface area (Å²) in [5, 5.41) is 2.39. The van der Waals surface area contributed by atoms with E-state index >= 15 is 0 Å². The predicted molar refractivity (Wildman–Crippen MR) is 176 cm³/mol. The predicted octanol–water partition coefficient (Wildman–Crippen LogP) is 10.8. The quantitative estimate of drug-likeness (QED) is 0.217. The number of benzene rings is 7. The molecule has 0 radical (unpaired) electrons. The summed E-state index contributed by atoms with van der Waals surface area (Å²) in [6.07, 6.45) is 0. The normalized spacial score (nSPS) is 13.5. The number of rotatable bonds is 3. The Kier molecular flexibility index (Phi) is 5.15. The van der Waals surface area contributed by atoms with E-state index in [2.05, 4.69) is 169 Å². The molecule has 0 aromatic heterocycles. The average Bonchev–Trinajstić information content (AvgIpc) is 3.37. The molecule has 2 nitrogen and oxygen atoms in total. The lowest BCUT2D eigenvalue weighted by atomic mass is 9.66. The van der Waals surface area contributed by atoms with Crippen molar-refractivity contribution in [3.63, 3.8) is 0 Å². The molecule has 2 heteroatoms. The molecule has 7 aromatic carbocycles. The Bertz CT molecular complexity index is 2130. The first-order chi connectivity index (χ1) is 21.4. The SMILES string of the molecule is c1ccc(N(c2cccc3c2Oc2ccccc2C32c3ccccc3-c3ccccc32)c2cccc3ccccc23)cc1. The van der Waals surface area contributed by atoms with E-state index in [1.165, 1.54) is 38.6 Å². The van der Waals surface area contributed by atoms with Crippen LogP contribution in [0.2, 0.25) is 0 Å². The van der Waals surface area contributed by atoms with Crippen LogP contribution in [0.15, 0.2) is 164 Å². The molecular formula is C41H27NO. The number of hydrogen-bond donors (Lipinski definition) is 0. The van der Waals surface area contributed by atoms with Crippen LogP contribution < -0.4 is 9.64 Å². The van der Waals surface area contributed by atoms with Gasteiger partial charge in [-0.2, -0.15) is 0 Å². The third-order valence-electron chi connectivity index (χ3n) is 9.12. The van der Waals surface area contributed by atoms with Crippen LogP contribution in [0, 0.1) is 0 Å². The number of nitrogens with zero attached hydrogens (tertiary/aromatic N) is 1. The maximum atomic E-state index is 7.02. The lowest BCUT2D eigenvalue weighted by molar-refractivity contribution is 0.437. The number of fused-ring (bicyclic) bond motifs is 10. The van der Waals surface area contributed by atoms with Crippen LogP contribution in [0.25, 0.3) is 21.9 Å². The van der Waals surface area contributed by atoms with Crippen molar-refractivity contribution in [3.8, 4) is 22.6 Å². The van der Waals surface area contributed by atoms with Gasteiger partial charge in [-0.3, -0.25) is 0 Å². The van der Waals surface area contributed by atoms with Crippen LogP contribution in [0.5, 0.6) is 11.5 Å². The fourth-order valence-corrected chi connectivity index (χ4v) is 7.43. The van der Waals surface area contributed by atoms with Crippen LogP contribution >= 0.6 is 0 Å². The molecule has 7 aromatic rings. The largest absolute Gasteiger partial charge is 0.454 e. The number of ether oxygens (including phenoxy) is 1. The van der Waals surface area contributed by atoms with Crippen LogP contribution in [0.1, 0.15) is 22.3 Å². The Morgan fingerprint density at radius 3 is 1.77 bits per heavy atom. The van der Waals surface area contributed by atoms with Crippen molar-refractivity contribution >= 4 is 27.8 Å². The van der Waals surface area contributed by atoms with Crippen LogP contribution in [0.4, 0.5) is 17.1 Å². The summed E-state index contributed by atoms with van der Waals surface area (Å²) in [4.78, 5) is 2.36. The van der Waals surface area contributed by atoms with Crippen LogP contribution in [-0.4, -0.2) is 0 Å². The number of anilines is 3. The fourth-order valence-electron chi connectivity index (χ4n) is 7.43. The highest BCUT2D eigenvalue weighted by molar-refractivity contribution is 6.00. The molecule has 0 atom stereocenters. The summed E-state index contributed by atoms with van der Waals surface area (Å²) in [6.45, 7) is 0. The van der Waals surface area contributed by atoms with Gasteiger partial charge in [-0.1, -0.05) is 133 Å². The van der Waals surface area contributed by atoms with E-state index in [0.717, 1.165) is 34.1 Å². The van der Waals surface area contributed by atoms with Crippen molar-refractivity contribution in [3.05, 3.63) is 186 Å². The molecule has 1 aliphatic carbocycles. The van der Waals surface area contributed by atoms with Crippen molar-refractivity contribution in [2.24, 2.45) is 0 Å². The first kappa shape index (κ1) is 24.0. The molecule has 9 rings (SSSR count). The Morgan fingerprint density at radius 1 is 0.419 bits per heavy atom. The summed E-state index contributed by atoms with van der Waals surface area (Å²) in [7, 11) is 0. The average molecular weight is 550 g/mol. The zero-order valence-corrected chi connectivity index (χ0v) is 23.4. The van der Waals surface area contributed by atoms with Gasteiger partial charge >= 0.3 is 0 Å². The molecule has 0 fully saturated rings. The molecule has 1 heterocycles. The van der Waals surface area contributed by atoms with Crippen molar-refractivity contribution in [2.45, 2.75) is 5.41 Å². The van der Waals surface area contributed by atoms with Crippen LogP contribution in [0.3, 0.4) is 0 Å². The zero-order chi connectivity index (χ0) is 28.4. The molecule has 0 bridgehead atoms. The van der Waals surface area contributed by atoms with Crippen molar-refractivity contribution < 1.29 is 4.74 Å². The highest BCUT2D eigenvalue weighted by atomic mass is 16.5. The zero-order valence-electron chi connectivity index (χ0n) is 23.4. The number of para-hydroxylation sites is 3. The summed E-state index contributed by atoms with van der Waals surface area (Å²) in [5.74, 6) is 1.77. The fraction of sp³-hybridized carbons (Fsp3) is 0.0244. The standard InChI is InChI=1S/C41H27NO/c1-2-16-29(17-3-1)42(37-25-12-15-28-14-4-5-18-30(28)37)38-26-13-24-36-40(38)43-39-27-11-10-23-35(39)41(36)33-21-8-6-19-31(33)32-20-7-9-22-34(32)41/h1-27H. The van der Waals surface area contributed by atoms with E-state index in [-0.39, 0.29) is 0 Å². The molecule has 0 N–H and O–H groups in total. The van der Waals surface area contributed by atoms with Gasteiger partial charge in [-0.25, -0.2) is 0 Å². The third kappa shape index (κ3) is 3.29. The Hall–Kier alpha value is -5.60. The maximum Gasteiger partial charge on any atom is 0.156 e. The topological polar surface area (TPSA) is 12.5 Å². The summed E-state index contributed by atoms with van der Waals surface area (Å²) in [6, 6.07) is 58.7. The van der Waals surface area contributed by atoms with Gasteiger partial charge in [0.15, 0.2) is 5.75 Å². The molecule has 1 aliphatic heterocycles. The summed E-state index contributed by atoms with van der Waals surface area (Å²) < 4.78 is 7.02. The Labute approximate surface area is 251 Å². The van der Waals surface area contributed by atoms with Gasteiger partial charge in [0.1, 0.15) is 5.75 Å². The van der Waals surface area contributed by atoms with Gasteiger partial charge in [-0.15, -0.1) is 0 Å². The van der Waals surface area contributed by atoms with Crippen molar-refractivity contribution in [1.29, 1.82) is 0 Å². The smallest absolute Gasteiger partial charge is 0.156 e. The van der Waals surface area contributed by atoms with Gasteiger partial charge in [0.2, 0.25) is 0 Å². The summed E-state index contributed by atoms with van der Waals surface area (Å²) >= 11 is 0. The maximum absolute atomic E-state index is 7.02. The Morgan fingerprint density at radius 2 is 0.977 bits per heavy atom.